The van der Waals surface area contributed by atoms with Gasteiger partial charge in [-0.05, 0) is 74.6 Å². The third-order valence-corrected chi connectivity index (χ3v) is 4.03. The van der Waals surface area contributed by atoms with Gasteiger partial charge in [0.05, 0.1) is 19.3 Å². The number of aliphatic hydroxyl groups is 2. The average Bonchev–Trinajstić information content (AvgIpc) is 2.52. The van der Waals surface area contributed by atoms with Gasteiger partial charge in [0.2, 0.25) is 0 Å². The number of benzene rings is 2. The number of hydrogen-bond acceptors (Lipinski definition) is 3. The zero-order valence-corrected chi connectivity index (χ0v) is 14.9. The number of ether oxygens (including phenoxy) is 1. The van der Waals surface area contributed by atoms with E-state index in [0.29, 0.717) is 0 Å². The first kappa shape index (κ1) is 19.2. The highest BCUT2D eigenvalue weighted by Crippen LogP contribution is 2.20. The topological polar surface area (TPSA) is 49.7 Å². The first-order valence-electron chi connectivity index (χ1n) is 7.84. The Morgan fingerprint density at radius 1 is 0.783 bits per heavy atom. The van der Waals surface area contributed by atoms with Gasteiger partial charge in [-0.3, -0.25) is 0 Å². The molecule has 0 bridgehead atoms. The fraction of sp³-hybridized carbons (Fsp3) is 0.400. The van der Waals surface area contributed by atoms with E-state index in [2.05, 4.69) is 20.8 Å². The second-order valence-corrected chi connectivity index (χ2v) is 5.90. The second-order valence-electron chi connectivity index (χ2n) is 5.90. The summed E-state index contributed by atoms with van der Waals surface area (Å²) in [5.74, 6) is 0.814. The maximum absolute atomic E-state index is 9.36. The zero-order valence-electron chi connectivity index (χ0n) is 14.9. The number of aliphatic hydroxyl groups excluding tert-OH is 2. The van der Waals surface area contributed by atoms with Gasteiger partial charge in [-0.15, -0.1) is 0 Å². The highest BCUT2D eigenvalue weighted by Gasteiger charge is 2.04. The van der Waals surface area contributed by atoms with Crippen molar-refractivity contribution in [3.8, 4) is 5.75 Å². The Bertz CT molecular complexity index is 590. The summed E-state index contributed by atoms with van der Waals surface area (Å²) in [5, 5.41) is 18.5. The fourth-order valence-electron chi connectivity index (χ4n) is 2.19. The van der Waals surface area contributed by atoms with Gasteiger partial charge >= 0.3 is 0 Å². The Morgan fingerprint density at radius 2 is 1.22 bits per heavy atom. The summed E-state index contributed by atoms with van der Waals surface area (Å²) in [5.41, 5.74) is 5.75. The molecule has 3 nitrogen and oxygen atoms in total. The molecule has 0 aliphatic heterocycles. The average molecular weight is 316 g/mol. The van der Waals surface area contributed by atoms with Gasteiger partial charge in [0.25, 0.3) is 0 Å². The van der Waals surface area contributed by atoms with Crippen LogP contribution in [0.15, 0.2) is 36.4 Å². The van der Waals surface area contributed by atoms with Crippen LogP contribution in [-0.2, 0) is 0 Å². The maximum Gasteiger partial charge on any atom is 0.118 e. The van der Waals surface area contributed by atoms with E-state index in [1.54, 1.807) is 21.0 Å². The Morgan fingerprint density at radius 3 is 1.57 bits per heavy atom. The number of hydrogen-bond donors (Lipinski definition) is 2. The van der Waals surface area contributed by atoms with Crippen molar-refractivity contribution in [2.75, 3.05) is 7.11 Å². The molecule has 2 rings (SSSR count). The lowest BCUT2D eigenvalue weighted by Crippen LogP contribution is -1.95. The normalized spacial score (nSPS) is 12.9. The molecule has 0 fully saturated rings. The molecule has 2 aromatic rings. The Kier molecular flexibility index (Phi) is 7.27. The van der Waals surface area contributed by atoms with Crippen molar-refractivity contribution < 1.29 is 14.9 Å². The minimum atomic E-state index is -0.402. The number of methoxy groups -OCH3 is 1. The molecule has 2 N–H and O–H groups in total. The van der Waals surface area contributed by atoms with Crippen LogP contribution in [0.25, 0.3) is 0 Å². The van der Waals surface area contributed by atoms with Gasteiger partial charge < -0.3 is 14.9 Å². The van der Waals surface area contributed by atoms with E-state index < -0.39 is 6.10 Å². The second kappa shape index (κ2) is 8.70. The molecule has 2 unspecified atom stereocenters. The van der Waals surface area contributed by atoms with E-state index >= 15 is 0 Å². The molecule has 3 heteroatoms. The molecule has 2 aromatic carbocycles. The van der Waals surface area contributed by atoms with Crippen LogP contribution in [0.3, 0.4) is 0 Å². The molecular formula is C20H28O3. The quantitative estimate of drug-likeness (QED) is 0.881. The summed E-state index contributed by atoms with van der Waals surface area (Å²) in [6, 6.07) is 11.5. The molecule has 126 valence electrons. The van der Waals surface area contributed by atoms with Crippen LogP contribution in [0.1, 0.15) is 53.9 Å². The lowest BCUT2D eigenvalue weighted by Gasteiger charge is -2.10. The minimum Gasteiger partial charge on any atom is -0.497 e. The molecular weight excluding hydrogens is 288 g/mol. The third kappa shape index (κ3) is 5.70. The molecule has 0 aromatic heterocycles. The third-order valence-electron chi connectivity index (χ3n) is 4.03. The molecule has 0 aliphatic rings. The van der Waals surface area contributed by atoms with Crippen LogP contribution in [0.5, 0.6) is 5.75 Å². The molecule has 23 heavy (non-hydrogen) atoms. The van der Waals surface area contributed by atoms with Gasteiger partial charge in [-0.2, -0.15) is 0 Å². The SMILES string of the molecule is COc1ccc(C(C)O)cc1.Cc1cc(C(C)O)cc(C)c1C. The summed E-state index contributed by atoms with van der Waals surface area (Å²) in [6.45, 7) is 9.80. The number of rotatable bonds is 3. The zero-order chi connectivity index (χ0) is 17.6. The molecule has 0 saturated heterocycles. The molecule has 0 amide bonds. The number of aryl methyl sites for hydroxylation is 2. The van der Waals surface area contributed by atoms with Crippen molar-refractivity contribution in [3.05, 3.63) is 64.2 Å². The highest BCUT2D eigenvalue weighted by molar-refractivity contribution is 5.37. The molecule has 2 atom stereocenters. The summed E-state index contributed by atoms with van der Waals surface area (Å²) in [6.07, 6.45) is -0.760. The van der Waals surface area contributed by atoms with E-state index in [1.165, 1.54) is 16.7 Å². The largest absolute Gasteiger partial charge is 0.497 e. The molecule has 0 heterocycles. The van der Waals surface area contributed by atoms with Gasteiger partial charge in [0.1, 0.15) is 5.75 Å². The summed E-state index contributed by atoms with van der Waals surface area (Å²) < 4.78 is 4.97. The van der Waals surface area contributed by atoms with E-state index in [-0.39, 0.29) is 6.10 Å². The Labute approximate surface area is 139 Å². The molecule has 0 saturated carbocycles. The first-order chi connectivity index (χ1) is 10.8. The maximum atomic E-state index is 9.36. The Hall–Kier alpha value is -1.84. The predicted molar refractivity (Wildman–Crippen MR) is 94.9 cm³/mol. The van der Waals surface area contributed by atoms with Crippen LogP contribution in [0, 0.1) is 20.8 Å². The van der Waals surface area contributed by atoms with Gasteiger partial charge in [0.15, 0.2) is 0 Å². The van der Waals surface area contributed by atoms with Crippen molar-refractivity contribution >= 4 is 0 Å². The lowest BCUT2D eigenvalue weighted by atomic mass is 9.98. The van der Waals surface area contributed by atoms with Crippen LogP contribution in [0.4, 0.5) is 0 Å². The van der Waals surface area contributed by atoms with Crippen molar-refractivity contribution in [1.82, 2.24) is 0 Å². The van der Waals surface area contributed by atoms with E-state index in [9.17, 15) is 5.11 Å². The van der Waals surface area contributed by atoms with Crippen LogP contribution in [-0.4, -0.2) is 17.3 Å². The summed E-state index contributed by atoms with van der Waals surface area (Å²) >= 11 is 0. The molecule has 0 spiro atoms. The van der Waals surface area contributed by atoms with Crippen molar-refractivity contribution in [2.24, 2.45) is 0 Å². The first-order valence-corrected chi connectivity index (χ1v) is 7.84. The van der Waals surface area contributed by atoms with Gasteiger partial charge in [-0.1, -0.05) is 24.3 Å². The lowest BCUT2D eigenvalue weighted by molar-refractivity contribution is 0.199. The van der Waals surface area contributed by atoms with Crippen molar-refractivity contribution in [2.45, 2.75) is 46.8 Å². The molecule has 0 aliphatic carbocycles. The van der Waals surface area contributed by atoms with Crippen molar-refractivity contribution in [1.29, 1.82) is 0 Å². The van der Waals surface area contributed by atoms with E-state index in [4.69, 9.17) is 9.84 Å². The highest BCUT2D eigenvalue weighted by atomic mass is 16.5. The van der Waals surface area contributed by atoms with Crippen LogP contribution < -0.4 is 4.74 Å². The smallest absolute Gasteiger partial charge is 0.118 e. The van der Waals surface area contributed by atoms with Gasteiger partial charge in [0, 0.05) is 0 Å². The minimum absolute atomic E-state index is 0.358. The standard InChI is InChI=1S/C11H16O.C9H12O2/c1-7-5-11(10(4)12)6-8(2)9(7)3;1-7(10)8-3-5-9(11-2)6-4-8/h5-6,10,12H,1-4H3;3-7,10H,1-2H3. The summed E-state index contributed by atoms with van der Waals surface area (Å²) in [4.78, 5) is 0. The monoisotopic (exact) mass is 316 g/mol. The van der Waals surface area contributed by atoms with Crippen LogP contribution >= 0.6 is 0 Å². The van der Waals surface area contributed by atoms with Crippen molar-refractivity contribution in [3.63, 3.8) is 0 Å². The Balaban J connectivity index is 0.000000231. The van der Waals surface area contributed by atoms with Gasteiger partial charge in [-0.25, -0.2) is 0 Å². The summed E-state index contributed by atoms with van der Waals surface area (Å²) in [7, 11) is 1.62. The fourth-order valence-corrected chi connectivity index (χ4v) is 2.19. The van der Waals surface area contributed by atoms with Crippen LogP contribution in [0.2, 0.25) is 0 Å². The molecule has 0 radical (unpaired) electrons. The van der Waals surface area contributed by atoms with E-state index in [1.807, 2.05) is 36.4 Å². The predicted octanol–water partition coefficient (Wildman–Crippen LogP) is 4.41. The van der Waals surface area contributed by atoms with E-state index in [0.717, 1.165) is 16.9 Å².